The zero-order valence-electron chi connectivity index (χ0n) is 18.5. The van der Waals surface area contributed by atoms with Crippen LogP contribution in [0.2, 0.25) is 5.02 Å². The van der Waals surface area contributed by atoms with Crippen LogP contribution in [-0.2, 0) is 11.0 Å². The summed E-state index contributed by atoms with van der Waals surface area (Å²) in [6.07, 6.45) is -2.61. The first-order valence-corrected chi connectivity index (χ1v) is 12.6. The van der Waals surface area contributed by atoms with Crippen molar-refractivity contribution in [1.29, 1.82) is 0 Å². The van der Waals surface area contributed by atoms with Gasteiger partial charge in [-0.05, 0) is 37.1 Å². The van der Waals surface area contributed by atoms with Crippen LogP contribution in [0.4, 0.5) is 17.6 Å². The summed E-state index contributed by atoms with van der Waals surface area (Å²) in [5.74, 6) is 0.0319. The molecule has 16 heteroatoms. The Hall–Kier alpha value is -1.04. The summed E-state index contributed by atoms with van der Waals surface area (Å²) < 4.78 is 62.3. The first-order chi connectivity index (χ1) is 16.9. The number of pyridine rings is 1. The van der Waals surface area contributed by atoms with Gasteiger partial charge in [-0.15, -0.1) is 23.2 Å². The van der Waals surface area contributed by atoms with Gasteiger partial charge in [0, 0.05) is 18.2 Å². The van der Waals surface area contributed by atoms with Crippen molar-refractivity contribution in [3.05, 3.63) is 52.4 Å². The Morgan fingerprint density at radius 2 is 1.81 bits per heavy atom. The zero-order valence-corrected chi connectivity index (χ0v) is 23.0. The van der Waals surface area contributed by atoms with Gasteiger partial charge in [-0.2, -0.15) is 47.6 Å². The molecule has 5 nitrogen and oxygen atoms in total. The highest BCUT2D eigenvalue weighted by Gasteiger charge is 2.32. The molecule has 2 aromatic rings. The number of halogens is 10. The maximum Gasteiger partial charge on any atom is 0.450 e. The van der Waals surface area contributed by atoms with Gasteiger partial charge in [0.1, 0.15) is 22.7 Å². The Balaban J connectivity index is 0.000000825. The lowest BCUT2D eigenvalue weighted by Gasteiger charge is -2.11. The van der Waals surface area contributed by atoms with E-state index in [0.717, 1.165) is 6.07 Å². The number of benzene rings is 1. The number of alkyl halides is 5. The third kappa shape index (κ3) is 12.0. The summed E-state index contributed by atoms with van der Waals surface area (Å²) in [6.45, 7) is 0.181. The quantitative estimate of drug-likeness (QED) is 0.133. The maximum absolute atomic E-state index is 14.0. The number of ether oxygens (including phenoxy) is 2. The molecule has 2 heterocycles. The van der Waals surface area contributed by atoms with E-state index < -0.39 is 22.5 Å². The fourth-order valence-corrected chi connectivity index (χ4v) is 2.98. The van der Waals surface area contributed by atoms with Crippen molar-refractivity contribution in [2.75, 3.05) is 19.1 Å². The molecule has 3 rings (SSSR count). The molecule has 0 aliphatic carbocycles. The van der Waals surface area contributed by atoms with E-state index in [2.05, 4.69) is 10.1 Å². The normalized spacial score (nSPS) is 14.4. The number of aromatic nitrogens is 1. The van der Waals surface area contributed by atoms with E-state index in [9.17, 15) is 17.6 Å². The van der Waals surface area contributed by atoms with E-state index in [1.165, 1.54) is 19.2 Å². The minimum absolute atomic E-state index is 0.0672. The van der Waals surface area contributed by atoms with Crippen molar-refractivity contribution in [3.63, 3.8) is 0 Å². The number of rotatable bonds is 7. The van der Waals surface area contributed by atoms with Crippen molar-refractivity contribution in [3.8, 4) is 11.6 Å². The van der Waals surface area contributed by atoms with E-state index >= 15 is 0 Å². The molecule has 1 unspecified atom stereocenters. The van der Waals surface area contributed by atoms with E-state index in [1.54, 1.807) is 6.07 Å². The smallest absolute Gasteiger partial charge is 0.450 e. The Morgan fingerprint density at radius 3 is 2.36 bits per heavy atom. The summed E-state index contributed by atoms with van der Waals surface area (Å²) >= 11 is 29.7. The van der Waals surface area contributed by atoms with Gasteiger partial charge < -0.3 is 14.3 Å². The molecule has 0 radical (unpaired) electrons. The molecule has 0 saturated heterocycles. The molecule has 0 bridgehead atoms. The molecule has 1 aromatic carbocycles. The number of nitrogens with zero attached hydrogens (tertiary/aromatic N) is 2. The van der Waals surface area contributed by atoms with Gasteiger partial charge in [0.15, 0.2) is 0 Å². The summed E-state index contributed by atoms with van der Waals surface area (Å²) in [4.78, 5) is 8.20. The van der Waals surface area contributed by atoms with Crippen LogP contribution in [0.1, 0.15) is 30.4 Å². The molecule has 0 amide bonds. The van der Waals surface area contributed by atoms with Gasteiger partial charge in [0.25, 0.3) is 0 Å². The standard InChI is InChI=1S/C19H17ClF4N2O3.CH2Cl2.BCl3/c1-27-12-4-5-16(21)14(8-12)17-9-13(29-26-17)3-2-6-28-18-15(20)7-11(10-25-18)19(22,23)24;2-1-3;2-1(3)4/h4-5,7-8,10,13H,2-3,6,9H2,1H3;1H2;. The molecule has 1 atom stereocenters. The lowest BCUT2D eigenvalue weighted by molar-refractivity contribution is -0.137. The van der Waals surface area contributed by atoms with Crippen LogP contribution in [0.3, 0.4) is 0 Å². The highest BCUT2D eigenvalue weighted by Crippen LogP contribution is 2.33. The summed E-state index contributed by atoms with van der Waals surface area (Å²) in [5, 5.41) is 3.93. The van der Waals surface area contributed by atoms with Crippen molar-refractivity contribution < 1.29 is 31.9 Å². The van der Waals surface area contributed by atoms with Crippen LogP contribution in [0.25, 0.3) is 0 Å². The van der Waals surface area contributed by atoms with Gasteiger partial charge in [-0.1, -0.05) is 16.8 Å². The maximum atomic E-state index is 14.0. The predicted octanol–water partition coefficient (Wildman–Crippen LogP) is 8.36. The lowest BCUT2D eigenvalue weighted by atomic mass is 10.0. The largest absolute Gasteiger partial charge is 0.497 e. The van der Waals surface area contributed by atoms with Crippen LogP contribution < -0.4 is 9.47 Å². The summed E-state index contributed by atoms with van der Waals surface area (Å²) in [7, 11) is 1.49. The fraction of sp³-hybridized carbons (Fsp3) is 0.400. The number of hydrogen-bond donors (Lipinski definition) is 0. The Bertz CT molecular complexity index is 986. The Kier molecular flexibility index (Phi) is 15.3. The van der Waals surface area contributed by atoms with Gasteiger partial charge >= 0.3 is 11.1 Å². The molecule has 0 fully saturated rings. The highest BCUT2D eigenvalue weighted by atomic mass is 35.6. The predicted molar refractivity (Wildman–Crippen MR) is 138 cm³/mol. The molecular weight excluding hydrogens is 616 g/mol. The van der Waals surface area contributed by atoms with Crippen molar-refractivity contribution >= 4 is 79.9 Å². The third-order valence-electron chi connectivity index (χ3n) is 4.26. The molecule has 0 spiro atoms. The Morgan fingerprint density at radius 1 is 1.17 bits per heavy atom. The van der Waals surface area contributed by atoms with Crippen LogP contribution in [0.5, 0.6) is 11.6 Å². The van der Waals surface area contributed by atoms with Gasteiger partial charge in [0.2, 0.25) is 5.88 Å². The molecule has 200 valence electrons. The second-order valence-corrected chi connectivity index (χ2v) is 9.86. The van der Waals surface area contributed by atoms with Crippen LogP contribution in [0, 0.1) is 5.82 Å². The minimum atomic E-state index is -4.52. The highest BCUT2D eigenvalue weighted by molar-refractivity contribution is 7.54. The number of oxime groups is 1. The molecular formula is C20H19BCl6F4N2O3. The van der Waals surface area contributed by atoms with Crippen molar-refractivity contribution in [1.82, 2.24) is 4.98 Å². The second-order valence-electron chi connectivity index (χ2n) is 6.66. The van der Waals surface area contributed by atoms with E-state index in [4.69, 9.17) is 83.5 Å². The zero-order chi connectivity index (χ0) is 27.3. The average Bonchev–Trinajstić information content (AvgIpc) is 3.26. The van der Waals surface area contributed by atoms with Crippen LogP contribution in [0.15, 0.2) is 35.6 Å². The van der Waals surface area contributed by atoms with Gasteiger partial charge in [0.05, 0.1) is 30.3 Å². The monoisotopic (exact) mass is 632 g/mol. The summed E-state index contributed by atoms with van der Waals surface area (Å²) in [5.41, 5.74) is -0.132. The fourth-order valence-electron chi connectivity index (χ4n) is 2.76. The van der Waals surface area contributed by atoms with E-state index in [1.807, 2.05) is 0 Å². The van der Waals surface area contributed by atoms with Gasteiger partial charge in [-0.25, -0.2) is 9.37 Å². The molecule has 1 aliphatic rings. The van der Waals surface area contributed by atoms with E-state index in [0.29, 0.717) is 42.5 Å². The van der Waals surface area contributed by atoms with Crippen molar-refractivity contribution in [2.24, 2.45) is 5.16 Å². The van der Waals surface area contributed by atoms with Crippen LogP contribution >= 0.6 is 69.2 Å². The van der Waals surface area contributed by atoms with Gasteiger partial charge in [-0.3, -0.25) is 0 Å². The summed E-state index contributed by atoms with van der Waals surface area (Å²) in [6, 6.07) is 5.15. The molecule has 0 saturated carbocycles. The van der Waals surface area contributed by atoms with Crippen LogP contribution in [-0.4, -0.2) is 40.8 Å². The molecule has 1 aliphatic heterocycles. The lowest BCUT2D eigenvalue weighted by Crippen LogP contribution is -2.12. The molecule has 36 heavy (non-hydrogen) atoms. The first kappa shape index (κ1) is 33.0. The minimum Gasteiger partial charge on any atom is -0.497 e. The van der Waals surface area contributed by atoms with E-state index in [-0.39, 0.29) is 29.0 Å². The van der Waals surface area contributed by atoms with Crippen molar-refractivity contribution in [2.45, 2.75) is 31.5 Å². The SMILES string of the molecule is COc1ccc(F)c(C2=NOC(CCCOc3ncc(C(F)(F)F)cc3Cl)C2)c1.ClB(Cl)Cl.ClCCl. The Labute approximate surface area is 235 Å². The third-order valence-corrected chi connectivity index (χ3v) is 4.53. The average molecular weight is 635 g/mol. The molecule has 0 N–H and O–H groups in total. The topological polar surface area (TPSA) is 52.9 Å². The number of methoxy groups -OCH3 is 1. The first-order valence-electron chi connectivity index (χ1n) is 9.89. The second kappa shape index (κ2) is 16.7. The molecule has 1 aromatic heterocycles. The number of hydrogen-bond acceptors (Lipinski definition) is 5.